The molecule has 9 heteroatoms. The van der Waals surface area contributed by atoms with Crippen molar-refractivity contribution >= 4 is 38.9 Å². The number of hydrogen-bond donors (Lipinski definition) is 4. The summed E-state index contributed by atoms with van der Waals surface area (Å²) in [6, 6.07) is 2.94. The summed E-state index contributed by atoms with van der Waals surface area (Å²) in [7, 11) is -3.20. The summed E-state index contributed by atoms with van der Waals surface area (Å²) in [4.78, 5) is 11.3. The van der Waals surface area contributed by atoms with Crippen molar-refractivity contribution in [2.45, 2.75) is 6.42 Å². The predicted octanol–water partition coefficient (Wildman–Crippen LogP) is 0.372. The number of nitrogens with two attached hydrogens (primary N) is 2. The Kier molecular flexibility index (Phi) is 5.61. The van der Waals surface area contributed by atoms with Crippen molar-refractivity contribution in [2.24, 2.45) is 5.73 Å². The third kappa shape index (κ3) is 5.24. The van der Waals surface area contributed by atoms with E-state index in [2.05, 4.69) is 10.0 Å². The highest BCUT2D eigenvalue weighted by molar-refractivity contribution is 7.88. The number of hydrogen-bond acceptors (Lipinski definition) is 5. The quantitative estimate of drug-likeness (QED) is 0.426. The lowest BCUT2D eigenvalue weighted by atomic mass is 10.1. The third-order valence-electron chi connectivity index (χ3n) is 2.40. The Morgan fingerprint density at radius 1 is 1.35 bits per heavy atom. The maximum absolute atomic E-state index is 11.3. The number of sulfonamides is 1. The first-order valence-electron chi connectivity index (χ1n) is 5.78. The van der Waals surface area contributed by atoms with Gasteiger partial charge in [0.1, 0.15) is 0 Å². The maximum atomic E-state index is 11.3. The topological polar surface area (TPSA) is 127 Å². The molecule has 0 fully saturated rings. The van der Waals surface area contributed by atoms with Gasteiger partial charge >= 0.3 is 0 Å². The molecule has 0 aliphatic rings. The van der Waals surface area contributed by atoms with E-state index in [0.29, 0.717) is 24.3 Å². The number of nitrogens with one attached hydrogen (secondary N) is 2. The first kappa shape index (κ1) is 16.5. The van der Waals surface area contributed by atoms with Crippen LogP contribution >= 0.6 is 11.6 Å². The van der Waals surface area contributed by atoms with Gasteiger partial charge < -0.3 is 16.8 Å². The van der Waals surface area contributed by atoms with Gasteiger partial charge in [0.2, 0.25) is 10.0 Å². The number of primary amides is 1. The molecule has 0 aliphatic heterocycles. The number of amides is 1. The van der Waals surface area contributed by atoms with Gasteiger partial charge in [-0.25, -0.2) is 13.1 Å². The van der Waals surface area contributed by atoms with E-state index in [1.165, 1.54) is 12.1 Å². The van der Waals surface area contributed by atoms with Crippen LogP contribution in [0.1, 0.15) is 16.8 Å². The van der Waals surface area contributed by atoms with Crippen LogP contribution in [0.5, 0.6) is 0 Å². The van der Waals surface area contributed by atoms with Crippen molar-refractivity contribution in [3.63, 3.8) is 0 Å². The number of rotatable bonds is 7. The molecule has 6 N–H and O–H groups in total. The van der Waals surface area contributed by atoms with Gasteiger partial charge in [-0.05, 0) is 18.6 Å². The van der Waals surface area contributed by atoms with Crippen molar-refractivity contribution in [1.29, 1.82) is 0 Å². The SMILES string of the molecule is CS(=O)(=O)NCCCNc1c(Cl)cc(N)cc1C(N)=O. The van der Waals surface area contributed by atoms with Crippen LogP contribution in [-0.2, 0) is 10.0 Å². The van der Waals surface area contributed by atoms with Gasteiger partial charge in [0.05, 0.1) is 22.5 Å². The molecule has 1 aromatic carbocycles. The van der Waals surface area contributed by atoms with E-state index >= 15 is 0 Å². The summed E-state index contributed by atoms with van der Waals surface area (Å²) in [6.07, 6.45) is 1.61. The molecule has 1 amide bonds. The Hall–Kier alpha value is -1.51. The van der Waals surface area contributed by atoms with Crippen LogP contribution in [0, 0.1) is 0 Å². The fraction of sp³-hybridized carbons (Fsp3) is 0.364. The highest BCUT2D eigenvalue weighted by Gasteiger charge is 2.12. The fourth-order valence-electron chi connectivity index (χ4n) is 1.56. The van der Waals surface area contributed by atoms with E-state index in [1.807, 2.05) is 0 Å². The lowest BCUT2D eigenvalue weighted by Crippen LogP contribution is -2.24. The fourth-order valence-corrected chi connectivity index (χ4v) is 2.37. The molecule has 1 rings (SSSR count). The average Bonchev–Trinajstić information content (AvgIpc) is 2.28. The first-order chi connectivity index (χ1) is 9.20. The van der Waals surface area contributed by atoms with Gasteiger partial charge in [-0.15, -0.1) is 0 Å². The largest absolute Gasteiger partial charge is 0.399 e. The van der Waals surface area contributed by atoms with Crippen LogP contribution in [0.2, 0.25) is 5.02 Å². The smallest absolute Gasteiger partial charge is 0.250 e. The van der Waals surface area contributed by atoms with Crippen LogP contribution in [0.3, 0.4) is 0 Å². The number of halogens is 1. The van der Waals surface area contributed by atoms with Gasteiger partial charge in [0.15, 0.2) is 0 Å². The zero-order chi connectivity index (χ0) is 15.3. The highest BCUT2D eigenvalue weighted by atomic mass is 35.5. The van der Waals surface area contributed by atoms with Gasteiger partial charge in [0, 0.05) is 18.8 Å². The molecule has 0 radical (unpaired) electrons. The van der Waals surface area contributed by atoms with Gasteiger partial charge in [-0.1, -0.05) is 11.6 Å². The molecule has 0 aromatic heterocycles. The summed E-state index contributed by atoms with van der Waals surface area (Å²) < 4.78 is 24.1. The lowest BCUT2D eigenvalue weighted by Gasteiger charge is -2.13. The van der Waals surface area contributed by atoms with Gasteiger partial charge in [-0.2, -0.15) is 0 Å². The van der Waals surface area contributed by atoms with Crippen LogP contribution in [-0.4, -0.2) is 33.7 Å². The molecule has 1 aromatic rings. The Bertz CT molecular complexity index is 604. The molecule has 20 heavy (non-hydrogen) atoms. The molecule has 0 saturated carbocycles. The van der Waals surface area contributed by atoms with Crippen molar-refractivity contribution in [3.05, 3.63) is 22.7 Å². The second kappa shape index (κ2) is 6.78. The summed E-state index contributed by atoms with van der Waals surface area (Å²) >= 11 is 6.00. The zero-order valence-electron chi connectivity index (χ0n) is 10.9. The summed E-state index contributed by atoms with van der Waals surface area (Å²) in [6.45, 7) is 0.705. The molecule has 0 aliphatic carbocycles. The molecular formula is C11H17ClN4O3S. The van der Waals surface area contributed by atoms with Crippen LogP contribution < -0.4 is 21.5 Å². The minimum Gasteiger partial charge on any atom is -0.399 e. The molecular weight excluding hydrogens is 304 g/mol. The van der Waals surface area contributed by atoms with E-state index in [0.717, 1.165) is 6.26 Å². The molecule has 0 spiro atoms. The second-order valence-electron chi connectivity index (χ2n) is 4.24. The summed E-state index contributed by atoms with van der Waals surface area (Å²) in [5, 5.41) is 3.24. The zero-order valence-corrected chi connectivity index (χ0v) is 12.5. The number of carbonyl (C=O) groups is 1. The molecule has 0 unspecified atom stereocenters. The predicted molar refractivity (Wildman–Crippen MR) is 80.3 cm³/mol. The lowest BCUT2D eigenvalue weighted by molar-refractivity contribution is 0.100. The standard InChI is InChI=1S/C11H17ClN4O3S/c1-20(18,19)16-4-2-3-15-10-8(11(14)17)5-7(13)6-9(10)12/h5-6,15-16H,2-4,13H2,1H3,(H2,14,17). The minimum absolute atomic E-state index is 0.200. The van der Waals surface area contributed by atoms with E-state index < -0.39 is 15.9 Å². The number of nitrogen functional groups attached to an aromatic ring is 1. The molecule has 0 saturated heterocycles. The molecule has 0 heterocycles. The normalized spacial score (nSPS) is 11.3. The van der Waals surface area contributed by atoms with Crippen LogP contribution in [0.4, 0.5) is 11.4 Å². The maximum Gasteiger partial charge on any atom is 0.250 e. The van der Waals surface area contributed by atoms with E-state index in [1.54, 1.807) is 0 Å². The minimum atomic E-state index is -3.20. The van der Waals surface area contributed by atoms with Crippen molar-refractivity contribution in [3.8, 4) is 0 Å². The first-order valence-corrected chi connectivity index (χ1v) is 8.05. The Morgan fingerprint density at radius 2 is 2.00 bits per heavy atom. The number of anilines is 2. The van der Waals surface area contributed by atoms with Crippen molar-refractivity contribution in [2.75, 3.05) is 30.4 Å². The van der Waals surface area contributed by atoms with Crippen LogP contribution in [0.25, 0.3) is 0 Å². The Morgan fingerprint density at radius 3 is 2.55 bits per heavy atom. The molecule has 112 valence electrons. The summed E-state index contributed by atoms with van der Waals surface area (Å²) in [5.74, 6) is -0.643. The monoisotopic (exact) mass is 320 g/mol. The number of carbonyl (C=O) groups excluding carboxylic acids is 1. The average molecular weight is 321 g/mol. The Balaban J connectivity index is 2.66. The van der Waals surface area contributed by atoms with Crippen molar-refractivity contribution < 1.29 is 13.2 Å². The molecule has 7 nitrogen and oxygen atoms in total. The van der Waals surface area contributed by atoms with Crippen molar-refractivity contribution in [1.82, 2.24) is 4.72 Å². The van der Waals surface area contributed by atoms with Gasteiger partial charge in [0.25, 0.3) is 5.91 Å². The van der Waals surface area contributed by atoms with E-state index in [4.69, 9.17) is 23.1 Å². The van der Waals surface area contributed by atoms with Crippen LogP contribution in [0.15, 0.2) is 12.1 Å². The molecule has 0 atom stereocenters. The molecule has 0 bridgehead atoms. The number of benzene rings is 1. The Labute approximate surface area is 122 Å². The highest BCUT2D eigenvalue weighted by Crippen LogP contribution is 2.28. The van der Waals surface area contributed by atoms with E-state index in [9.17, 15) is 13.2 Å². The third-order valence-corrected chi connectivity index (χ3v) is 3.42. The van der Waals surface area contributed by atoms with E-state index in [-0.39, 0.29) is 17.1 Å². The summed E-state index contributed by atoms with van der Waals surface area (Å²) in [5.41, 5.74) is 11.8. The van der Waals surface area contributed by atoms with Gasteiger partial charge in [-0.3, -0.25) is 4.79 Å². The second-order valence-corrected chi connectivity index (χ2v) is 6.48.